The van der Waals surface area contributed by atoms with Crippen LogP contribution in [0.15, 0.2) is 45.9 Å². The first kappa shape index (κ1) is 26.5. The highest BCUT2D eigenvalue weighted by molar-refractivity contribution is 6.21. The van der Waals surface area contributed by atoms with Crippen LogP contribution in [0.4, 0.5) is 17.4 Å². The minimum absolute atomic E-state index is 0.0791. The van der Waals surface area contributed by atoms with Crippen molar-refractivity contribution in [3.63, 3.8) is 0 Å². The summed E-state index contributed by atoms with van der Waals surface area (Å²) < 4.78 is 22.7. The van der Waals surface area contributed by atoms with Gasteiger partial charge in [-0.25, -0.2) is 14.8 Å². The maximum absolute atomic E-state index is 13.0. The molecule has 2 aliphatic heterocycles. The lowest BCUT2D eigenvalue weighted by Gasteiger charge is -2.26. The van der Waals surface area contributed by atoms with E-state index in [1.54, 1.807) is 38.4 Å². The molecule has 3 aromatic rings. The molecule has 1 fully saturated rings. The summed E-state index contributed by atoms with van der Waals surface area (Å²) in [5.74, 6) is 0.493. The Labute approximate surface area is 226 Å². The average molecular weight is 533 g/mol. The number of carbonyl (C=O) groups excluding carboxylic acids is 1. The zero-order valence-electron chi connectivity index (χ0n) is 22.3. The van der Waals surface area contributed by atoms with E-state index in [9.17, 15) is 9.90 Å². The third-order valence-corrected chi connectivity index (χ3v) is 6.39. The normalized spacial score (nSPS) is 16.1. The van der Waals surface area contributed by atoms with E-state index < -0.39 is 5.97 Å². The van der Waals surface area contributed by atoms with E-state index >= 15 is 0 Å². The maximum atomic E-state index is 13.0. The van der Waals surface area contributed by atoms with Gasteiger partial charge in [0.05, 0.1) is 19.3 Å². The summed E-state index contributed by atoms with van der Waals surface area (Å²) in [5.41, 5.74) is 2.99. The van der Waals surface area contributed by atoms with Gasteiger partial charge in [-0.05, 0) is 62.7 Å². The highest BCUT2D eigenvalue weighted by Gasteiger charge is 2.28. The number of fused-ring (bicyclic) bond motifs is 1. The zero-order chi connectivity index (χ0) is 27.4. The molecule has 0 saturated carbocycles. The van der Waals surface area contributed by atoms with Crippen molar-refractivity contribution in [3.05, 3.63) is 59.0 Å². The number of ether oxygens (including phenoxy) is 3. The minimum Gasteiger partial charge on any atom is -0.504 e. The monoisotopic (exact) mass is 532 g/mol. The van der Waals surface area contributed by atoms with Crippen LogP contribution in [0.2, 0.25) is 0 Å². The van der Waals surface area contributed by atoms with Gasteiger partial charge < -0.3 is 29.1 Å². The van der Waals surface area contributed by atoms with E-state index in [2.05, 4.69) is 20.2 Å². The molecule has 10 nitrogen and oxygen atoms in total. The number of rotatable bonds is 9. The van der Waals surface area contributed by atoms with Crippen LogP contribution in [-0.2, 0) is 9.47 Å². The number of benzene rings is 1. The Hall–Kier alpha value is -4.15. The van der Waals surface area contributed by atoms with Crippen LogP contribution in [0, 0.1) is 6.92 Å². The third kappa shape index (κ3) is 6.13. The number of aromatic hydroxyl groups is 1. The summed E-state index contributed by atoms with van der Waals surface area (Å²) >= 11 is 0. The van der Waals surface area contributed by atoms with Crippen LogP contribution < -0.4 is 10.1 Å². The highest BCUT2D eigenvalue weighted by Crippen LogP contribution is 2.40. The summed E-state index contributed by atoms with van der Waals surface area (Å²) in [5, 5.41) is 14.2. The molecule has 0 unspecified atom stereocenters. The number of allylic oxidation sites excluding steroid dienone is 1. The molecule has 0 atom stereocenters. The molecule has 1 aromatic carbocycles. The minimum atomic E-state index is -0.693. The summed E-state index contributed by atoms with van der Waals surface area (Å²) in [6.45, 7) is 10.2. The molecule has 2 aliphatic rings. The molecule has 0 amide bonds. The molecule has 0 spiro atoms. The molecule has 0 radical (unpaired) electrons. The number of nitrogens with zero attached hydrogens (tertiary/aromatic N) is 3. The number of hydrogen-bond donors (Lipinski definition) is 2. The van der Waals surface area contributed by atoms with Gasteiger partial charge in [0.15, 0.2) is 22.9 Å². The number of aryl methyl sites for hydroxylation is 1. The van der Waals surface area contributed by atoms with Gasteiger partial charge in [0.2, 0.25) is 5.88 Å². The van der Waals surface area contributed by atoms with Crippen molar-refractivity contribution >= 4 is 41.2 Å². The van der Waals surface area contributed by atoms with E-state index in [-0.39, 0.29) is 29.1 Å². The summed E-state index contributed by atoms with van der Waals surface area (Å²) in [4.78, 5) is 23.8. The Balaban J connectivity index is 1.37. The second kappa shape index (κ2) is 11.7. The molecule has 5 rings (SSSR count). The molecule has 2 aromatic heterocycles. The number of aromatic nitrogens is 1. The van der Waals surface area contributed by atoms with Gasteiger partial charge in [0, 0.05) is 48.9 Å². The SMILES string of the molecule is Cc1cc(OCCN2CCOCC2)ccc1Nc1oc(C=C2C=Nc3ncccc32)c(O)c1C(=O)OC(C)C. The lowest BCUT2D eigenvalue weighted by Crippen LogP contribution is -2.38. The van der Waals surface area contributed by atoms with Gasteiger partial charge in [0.25, 0.3) is 0 Å². The topological polar surface area (TPSA) is 119 Å². The predicted molar refractivity (Wildman–Crippen MR) is 148 cm³/mol. The number of hydrogen-bond acceptors (Lipinski definition) is 10. The Morgan fingerprint density at radius 3 is 2.85 bits per heavy atom. The van der Waals surface area contributed by atoms with Crippen LogP contribution >= 0.6 is 0 Å². The van der Waals surface area contributed by atoms with Crippen molar-refractivity contribution in [2.45, 2.75) is 26.9 Å². The fourth-order valence-electron chi connectivity index (χ4n) is 4.38. The van der Waals surface area contributed by atoms with Gasteiger partial charge >= 0.3 is 5.97 Å². The zero-order valence-corrected chi connectivity index (χ0v) is 22.3. The van der Waals surface area contributed by atoms with Gasteiger partial charge in [-0.2, -0.15) is 0 Å². The Bertz CT molecular complexity index is 1400. The van der Waals surface area contributed by atoms with Crippen molar-refractivity contribution in [2.24, 2.45) is 4.99 Å². The summed E-state index contributed by atoms with van der Waals surface area (Å²) in [6.07, 6.45) is 4.55. The molecule has 39 heavy (non-hydrogen) atoms. The van der Waals surface area contributed by atoms with Gasteiger partial charge in [-0.15, -0.1) is 0 Å². The molecule has 204 valence electrons. The number of pyridine rings is 1. The number of morpholine rings is 1. The fraction of sp³-hybridized carbons (Fsp3) is 0.345. The van der Waals surface area contributed by atoms with Crippen LogP contribution in [0.1, 0.15) is 41.1 Å². The first-order chi connectivity index (χ1) is 18.9. The maximum Gasteiger partial charge on any atom is 0.347 e. The fourth-order valence-corrected chi connectivity index (χ4v) is 4.38. The van der Waals surface area contributed by atoms with Gasteiger partial charge in [0.1, 0.15) is 12.4 Å². The van der Waals surface area contributed by atoms with Crippen LogP contribution in [0.5, 0.6) is 11.5 Å². The Morgan fingerprint density at radius 1 is 1.26 bits per heavy atom. The highest BCUT2D eigenvalue weighted by atomic mass is 16.5. The summed E-state index contributed by atoms with van der Waals surface area (Å²) in [6, 6.07) is 9.30. The molecular weight excluding hydrogens is 500 g/mol. The van der Waals surface area contributed by atoms with Crippen molar-refractivity contribution < 1.29 is 28.5 Å². The van der Waals surface area contributed by atoms with E-state index in [1.807, 2.05) is 31.2 Å². The Kier molecular flexibility index (Phi) is 7.94. The quantitative estimate of drug-likeness (QED) is 0.368. The third-order valence-electron chi connectivity index (χ3n) is 6.39. The van der Waals surface area contributed by atoms with Crippen molar-refractivity contribution in [3.8, 4) is 11.5 Å². The molecular formula is C29H32N4O6. The second-order valence-electron chi connectivity index (χ2n) is 9.61. The lowest BCUT2D eigenvalue weighted by molar-refractivity contribution is 0.0322. The van der Waals surface area contributed by atoms with Gasteiger partial charge in [-0.3, -0.25) is 4.90 Å². The van der Waals surface area contributed by atoms with Crippen molar-refractivity contribution in [1.29, 1.82) is 0 Å². The number of esters is 1. The van der Waals surface area contributed by atoms with E-state index in [0.29, 0.717) is 23.7 Å². The molecule has 4 heterocycles. The van der Waals surface area contributed by atoms with E-state index in [0.717, 1.165) is 49.7 Å². The largest absolute Gasteiger partial charge is 0.504 e. The first-order valence-corrected chi connectivity index (χ1v) is 13.0. The van der Waals surface area contributed by atoms with Crippen LogP contribution in [0.25, 0.3) is 11.6 Å². The molecule has 0 bridgehead atoms. The van der Waals surface area contributed by atoms with Crippen LogP contribution in [0.3, 0.4) is 0 Å². The smallest absolute Gasteiger partial charge is 0.347 e. The number of furan rings is 1. The van der Waals surface area contributed by atoms with Crippen LogP contribution in [-0.4, -0.2) is 72.7 Å². The van der Waals surface area contributed by atoms with Crippen molar-refractivity contribution in [1.82, 2.24) is 9.88 Å². The first-order valence-electron chi connectivity index (χ1n) is 13.0. The molecule has 1 saturated heterocycles. The molecule has 0 aliphatic carbocycles. The number of carbonyl (C=O) groups is 1. The standard InChI is InChI=1S/C29H32N4O6/c1-18(2)38-29(35)25-26(34)24(16-20-17-31-27-22(20)5-4-8-30-27)39-28(25)32-23-7-6-21(15-19(23)3)37-14-11-33-9-12-36-13-10-33/h4-8,15-18,32,34H,9-14H2,1-3H3. The lowest BCUT2D eigenvalue weighted by atomic mass is 10.1. The van der Waals surface area contributed by atoms with E-state index in [4.69, 9.17) is 18.6 Å². The number of aliphatic imine (C=N–C) groups is 1. The number of nitrogens with one attached hydrogen (secondary N) is 1. The summed E-state index contributed by atoms with van der Waals surface area (Å²) in [7, 11) is 0. The average Bonchev–Trinajstić information content (AvgIpc) is 3.46. The van der Waals surface area contributed by atoms with Crippen molar-refractivity contribution in [2.75, 3.05) is 44.8 Å². The Morgan fingerprint density at radius 2 is 2.08 bits per heavy atom. The van der Waals surface area contributed by atoms with Gasteiger partial charge in [-0.1, -0.05) is 0 Å². The molecule has 10 heteroatoms. The second-order valence-corrected chi connectivity index (χ2v) is 9.61. The predicted octanol–water partition coefficient (Wildman–Crippen LogP) is 4.96. The van der Waals surface area contributed by atoms with E-state index in [1.165, 1.54) is 0 Å². The molecule has 2 N–H and O–H groups in total. The number of anilines is 2.